The van der Waals surface area contributed by atoms with E-state index in [0.29, 0.717) is 22.7 Å². The van der Waals surface area contributed by atoms with Crippen LogP contribution in [0.2, 0.25) is 0 Å². The summed E-state index contributed by atoms with van der Waals surface area (Å²) in [6.45, 7) is 1.66. The zero-order valence-electron chi connectivity index (χ0n) is 16.0. The molecule has 1 unspecified atom stereocenters. The number of carbonyl (C=O) groups is 4. The van der Waals surface area contributed by atoms with E-state index in [1.165, 1.54) is 23.1 Å². The van der Waals surface area contributed by atoms with Crippen LogP contribution in [0.15, 0.2) is 42.5 Å². The third-order valence-electron chi connectivity index (χ3n) is 4.60. The molecule has 1 aliphatic heterocycles. The standard InChI is InChI=1S/C21H20N2O6/c1-12-20(26)23(2)16-11-13(6-8-18(16)29-12)17(24)7-9-19(25)22-15-5-3-4-14(10-15)21(27)28/h3-6,8,10-12H,7,9H2,1-2H3,(H,22,25)(H,27,28). The van der Waals surface area contributed by atoms with E-state index in [2.05, 4.69) is 5.32 Å². The van der Waals surface area contributed by atoms with Gasteiger partial charge in [0.2, 0.25) is 5.91 Å². The van der Waals surface area contributed by atoms with E-state index in [1.54, 1.807) is 38.2 Å². The number of nitrogens with one attached hydrogen (secondary N) is 1. The largest absolute Gasteiger partial charge is 0.479 e. The number of aromatic carboxylic acids is 1. The van der Waals surface area contributed by atoms with Gasteiger partial charge in [-0.3, -0.25) is 14.4 Å². The molecule has 0 fully saturated rings. The molecule has 150 valence electrons. The normalized spacial score (nSPS) is 15.3. The molecule has 1 atom stereocenters. The Morgan fingerprint density at radius 1 is 1.10 bits per heavy atom. The van der Waals surface area contributed by atoms with Crippen molar-refractivity contribution < 1.29 is 29.0 Å². The molecular formula is C21H20N2O6. The first-order valence-corrected chi connectivity index (χ1v) is 9.01. The smallest absolute Gasteiger partial charge is 0.335 e. The number of carboxylic acid groups (broad SMARTS) is 1. The number of ketones is 1. The Morgan fingerprint density at radius 3 is 2.59 bits per heavy atom. The Balaban J connectivity index is 1.62. The first kappa shape index (κ1) is 20.1. The summed E-state index contributed by atoms with van der Waals surface area (Å²) in [5.41, 5.74) is 1.29. The summed E-state index contributed by atoms with van der Waals surface area (Å²) in [6.07, 6.45) is -0.675. The van der Waals surface area contributed by atoms with Gasteiger partial charge in [0.05, 0.1) is 11.3 Å². The molecule has 3 rings (SSSR count). The molecule has 2 aromatic carbocycles. The Kier molecular flexibility index (Phi) is 5.63. The minimum absolute atomic E-state index is 0.0296. The fourth-order valence-electron chi connectivity index (χ4n) is 3.01. The van der Waals surface area contributed by atoms with E-state index >= 15 is 0 Å². The summed E-state index contributed by atoms with van der Waals surface area (Å²) in [5, 5.41) is 11.6. The van der Waals surface area contributed by atoms with Crippen LogP contribution in [-0.4, -0.2) is 41.8 Å². The molecule has 29 heavy (non-hydrogen) atoms. The average molecular weight is 396 g/mol. The first-order valence-electron chi connectivity index (χ1n) is 9.01. The topological polar surface area (TPSA) is 113 Å². The molecule has 0 saturated heterocycles. The van der Waals surface area contributed by atoms with Crippen molar-refractivity contribution in [3.63, 3.8) is 0 Å². The Labute approximate surface area is 167 Å². The molecule has 0 saturated carbocycles. The number of amides is 2. The van der Waals surface area contributed by atoms with E-state index in [9.17, 15) is 19.2 Å². The van der Waals surface area contributed by atoms with E-state index < -0.39 is 18.0 Å². The molecule has 1 aliphatic rings. The highest BCUT2D eigenvalue weighted by Crippen LogP contribution is 2.34. The first-order chi connectivity index (χ1) is 13.8. The Hall–Kier alpha value is -3.68. The van der Waals surface area contributed by atoms with Crippen LogP contribution in [0.3, 0.4) is 0 Å². The molecule has 0 aliphatic carbocycles. The second-order valence-electron chi connectivity index (χ2n) is 6.70. The fourth-order valence-corrected chi connectivity index (χ4v) is 3.01. The van der Waals surface area contributed by atoms with Gasteiger partial charge in [-0.25, -0.2) is 4.79 Å². The maximum atomic E-state index is 12.5. The molecule has 2 amide bonds. The summed E-state index contributed by atoms with van der Waals surface area (Å²) >= 11 is 0. The molecule has 8 nitrogen and oxygen atoms in total. The monoisotopic (exact) mass is 396 g/mol. The van der Waals surface area contributed by atoms with Crippen LogP contribution in [0.1, 0.15) is 40.5 Å². The van der Waals surface area contributed by atoms with Gasteiger partial charge in [0.25, 0.3) is 5.91 Å². The number of benzene rings is 2. The highest BCUT2D eigenvalue weighted by Gasteiger charge is 2.29. The molecule has 0 aromatic heterocycles. The number of hydrogen-bond acceptors (Lipinski definition) is 5. The number of rotatable bonds is 6. The van der Waals surface area contributed by atoms with Crippen LogP contribution in [0.4, 0.5) is 11.4 Å². The summed E-state index contributed by atoms with van der Waals surface area (Å²) in [4.78, 5) is 49.1. The van der Waals surface area contributed by atoms with Gasteiger partial charge in [-0.2, -0.15) is 0 Å². The number of fused-ring (bicyclic) bond motifs is 1. The van der Waals surface area contributed by atoms with Crippen molar-refractivity contribution >= 4 is 34.9 Å². The molecular weight excluding hydrogens is 376 g/mol. The van der Waals surface area contributed by atoms with E-state index in [-0.39, 0.29) is 30.1 Å². The van der Waals surface area contributed by atoms with Crippen LogP contribution < -0.4 is 15.0 Å². The number of Topliss-reactive ketones (excluding diaryl/α,β-unsaturated/α-hetero) is 1. The van der Waals surface area contributed by atoms with Crippen molar-refractivity contribution in [2.45, 2.75) is 25.9 Å². The lowest BCUT2D eigenvalue weighted by Crippen LogP contribution is -2.42. The van der Waals surface area contributed by atoms with Crippen LogP contribution in [0, 0.1) is 0 Å². The number of hydrogen-bond donors (Lipinski definition) is 2. The van der Waals surface area contributed by atoms with Crippen LogP contribution in [0.25, 0.3) is 0 Å². The number of ether oxygens (including phenoxy) is 1. The zero-order valence-corrected chi connectivity index (χ0v) is 16.0. The number of nitrogens with zero attached hydrogens (tertiary/aromatic N) is 1. The Bertz CT molecular complexity index is 1000. The summed E-state index contributed by atoms with van der Waals surface area (Å²) in [5.74, 6) is -1.42. The summed E-state index contributed by atoms with van der Waals surface area (Å²) in [7, 11) is 1.62. The van der Waals surface area contributed by atoms with Gasteiger partial charge in [-0.15, -0.1) is 0 Å². The van der Waals surface area contributed by atoms with Crippen molar-refractivity contribution in [3.05, 3.63) is 53.6 Å². The van der Waals surface area contributed by atoms with Crippen molar-refractivity contribution in [2.24, 2.45) is 0 Å². The lowest BCUT2D eigenvalue weighted by molar-refractivity contribution is -0.125. The van der Waals surface area contributed by atoms with Gasteiger partial charge in [-0.1, -0.05) is 6.07 Å². The number of carboxylic acids is 1. The third-order valence-corrected chi connectivity index (χ3v) is 4.60. The van der Waals surface area contributed by atoms with Crippen molar-refractivity contribution in [3.8, 4) is 5.75 Å². The number of anilines is 2. The van der Waals surface area contributed by atoms with Crippen molar-refractivity contribution in [1.82, 2.24) is 0 Å². The van der Waals surface area contributed by atoms with Gasteiger partial charge in [-0.05, 0) is 43.3 Å². The molecule has 0 radical (unpaired) electrons. The van der Waals surface area contributed by atoms with Crippen molar-refractivity contribution in [1.29, 1.82) is 0 Å². The van der Waals surface area contributed by atoms with E-state index in [1.807, 2.05) is 0 Å². The highest BCUT2D eigenvalue weighted by molar-refractivity contribution is 6.04. The quantitative estimate of drug-likeness (QED) is 0.726. The van der Waals surface area contributed by atoms with Gasteiger partial charge < -0.3 is 20.1 Å². The lowest BCUT2D eigenvalue weighted by Gasteiger charge is -2.30. The molecule has 0 bridgehead atoms. The van der Waals surface area contributed by atoms with E-state index in [4.69, 9.17) is 9.84 Å². The van der Waals surface area contributed by atoms with Crippen molar-refractivity contribution in [2.75, 3.05) is 17.3 Å². The fraction of sp³-hybridized carbons (Fsp3) is 0.238. The summed E-state index contributed by atoms with van der Waals surface area (Å²) in [6, 6.07) is 10.7. The molecule has 1 heterocycles. The van der Waals surface area contributed by atoms with E-state index in [0.717, 1.165) is 0 Å². The zero-order chi connectivity index (χ0) is 21.1. The number of likely N-dealkylation sites (N-methyl/N-ethyl adjacent to an activating group) is 1. The predicted octanol–water partition coefficient (Wildman–Crippen LogP) is 2.73. The van der Waals surface area contributed by atoms with Gasteiger partial charge >= 0.3 is 5.97 Å². The maximum Gasteiger partial charge on any atom is 0.335 e. The molecule has 2 aromatic rings. The Morgan fingerprint density at radius 2 is 1.86 bits per heavy atom. The number of carbonyl (C=O) groups excluding carboxylic acids is 3. The van der Waals surface area contributed by atoms with Gasteiger partial charge in [0.15, 0.2) is 11.9 Å². The molecule has 0 spiro atoms. The SMILES string of the molecule is CC1Oc2ccc(C(=O)CCC(=O)Nc3cccc(C(=O)O)c3)cc2N(C)C1=O. The minimum Gasteiger partial charge on any atom is -0.479 e. The van der Waals surface area contributed by atoms with Crippen LogP contribution >= 0.6 is 0 Å². The second-order valence-corrected chi connectivity index (χ2v) is 6.70. The van der Waals surface area contributed by atoms with Crippen LogP contribution in [0.5, 0.6) is 5.75 Å². The minimum atomic E-state index is -1.09. The van der Waals surface area contributed by atoms with Gasteiger partial charge in [0, 0.05) is 31.1 Å². The molecule has 2 N–H and O–H groups in total. The average Bonchev–Trinajstić information content (AvgIpc) is 2.70. The third kappa shape index (κ3) is 4.43. The van der Waals surface area contributed by atoms with Gasteiger partial charge in [0.1, 0.15) is 5.75 Å². The molecule has 8 heteroatoms. The predicted molar refractivity (Wildman–Crippen MR) is 106 cm³/mol. The highest BCUT2D eigenvalue weighted by atomic mass is 16.5. The summed E-state index contributed by atoms with van der Waals surface area (Å²) < 4.78 is 5.53. The van der Waals surface area contributed by atoms with Crippen LogP contribution in [-0.2, 0) is 9.59 Å². The maximum absolute atomic E-state index is 12.5. The second kappa shape index (κ2) is 8.14. The lowest BCUT2D eigenvalue weighted by atomic mass is 10.0.